The van der Waals surface area contributed by atoms with E-state index in [0.29, 0.717) is 50.7 Å². The Balaban J connectivity index is 1.23. The molecule has 4 atom stereocenters. The highest BCUT2D eigenvalue weighted by atomic mass is 28.3. The van der Waals surface area contributed by atoms with E-state index in [1.807, 2.05) is 44.7 Å². The fraction of sp³-hybridized carbons (Fsp3) is 0.529. The molecule has 7 heterocycles. The SMILES string of the molecule is C=C1CN2CC(=C)CC2(COc2nc3c4c(nc(-c5cccc6ccc(F)c(C#C[Si](C(C)C)(C(C)C)C(C)C)c56)c(F)c4n2)O[C@@H](C)[C@@H]2[C@@H]4CC[C@H](CN32)N4C(=O)OC(C)(C)C)C1. The van der Waals surface area contributed by atoms with Crippen LogP contribution >= 0.6 is 0 Å². The third-order valence-corrected chi connectivity index (χ3v) is 21.0. The van der Waals surface area contributed by atoms with Crippen LogP contribution in [0.4, 0.5) is 19.4 Å². The highest BCUT2D eigenvalue weighted by molar-refractivity contribution is 6.90. The highest BCUT2D eigenvalue weighted by Gasteiger charge is 2.54. The molecule has 0 spiro atoms. The predicted molar refractivity (Wildman–Crippen MR) is 252 cm³/mol. The summed E-state index contributed by atoms with van der Waals surface area (Å²) in [5.41, 5.74) is 6.46. The number of amides is 1. The van der Waals surface area contributed by atoms with Crippen LogP contribution in [0.1, 0.15) is 100 Å². The summed E-state index contributed by atoms with van der Waals surface area (Å²) >= 11 is 0. The number of piperazine rings is 1. The lowest BCUT2D eigenvalue weighted by molar-refractivity contribution is 0.000934. The van der Waals surface area contributed by atoms with E-state index in [9.17, 15) is 4.79 Å². The molecule has 4 saturated heterocycles. The third-order valence-electron chi connectivity index (χ3n) is 14.7. The molecule has 5 aliphatic heterocycles. The van der Waals surface area contributed by atoms with E-state index in [2.05, 4.69) is 76.0 Å². The second-order valence-electron chi connectivity index (χ2n) is 21.0. The van der Waals surface area contributed by atoms with Crippen molar-refractivity contribution < 1.29 is 27.8 Å². The number of nitrogens with zero attached hydrogens (tertiary/aromatic N) is 6. The van der Waals surface area contributed by atoms with Crippen molar-refractivity contribution in [2.24, 2.45) is 0 Å². The lowest BCUT2D eigenvalue weighted by atomic mass is 9.92. The fourth-order valence-electron chi connectivity index (χ4n) is 12.2. The first-order chi connectivity index (χ1) is 30.2. The summed E-state index contributed by atoms with van der Waals surface area (Å²) in [6.07, 6.45) is 2.10. The van der Waals surface area contributed by atoms with Gasteiger partial charge >= 0.3 is 12.1 Å². The van der Waals surface area contributed by atoms with Gasteiger partial charge in [0.05, 0.1) is 29.2 Å². The Morgan fingerprint density at radius 2 is 1.66 bits per heavy atom. The summed E-state index contributed by atoms with van der Waals surface area (Å²) in [6, 6.07) is 7.82. The van der Waals surface area contributed by atoms with Crippen molar-refractivity contribution in [2.45, 2.75) is 147 Å². The Kier molecular flexibility index (Phi) is 10.9. The van der Waals surface area contributed by atoms with Crippen molar-refractivity contribution in [1.82, 2.24) is 24.8 Å². The van der Waals surface area contributed by atoms with E-state index in [1.165, 1.54) is 6.07 Å². The lowest BCUT2D eigenvalue weighted by Gasteiger charge is -2.48. The van der Waals surface area contributed by atoms with Crippen molar-refractivity contribution in [3.63, 3.8) is 0 Å². The third kappa shape index (κ3) is 7.14. The Morgan fingerprint density at radius 1 is 0.969 bits per heavy atom. The molecule has 1 amide bonds. The number of carbonyl (C=O) groups excluding carboxylic acids is 1. The zero-order valence-corrected chi connectivity index (χ0v) is 40.1. The number of pyridine rings is 1. The van der Waals surface area contributed by atoms with E-state index in [0.717, 1.165) is 49.9 Å². The molecule has 2 aromatic heterocycles. The first kappa shape index (κ1) is 44.2. The number of fused-ring (bicyclic) bond motifs is 7. The average Bonchev–Trinajstić information content (AvgIpc) is 3.77. The Bertz CT molecular complexity index is 2620. The summed E-state index contributed by atoms with van der Waals surface area (Å²) in [7, 11) is -2.30. The largest absolute Gasteiger partial charge is 0.472 e. The monoisotopic (exact) mass is 888 g/mol. The number of ether oxygens (including phenoxy) is 3. The Morgan fingerprint density at radius 3 is 2.31 bits per heavy atom. The normalized spacial score (nSPS) is 22.9. The van der Waals surface area contributed by atoms with Crippen molar-refractivity contribution in [2.75, 3.05) is 31.1 Å². The number of halogens is 2. The minimum Gasteiger partial charge on any atom is -0.472 e. The van der Waals surface area contributed by atoms with Gasteiger partial charge in [-0.2, -0.15) is 9.97 Å². The molecule has 0 aliphatic carbocycles. The summed E-state index contributed by atoms with van der Waals surface area (Å²) in [4.78, 5) is 35.2. The second kappa shape index (κ2) is 15.8. The summed E-state index contributed by atoms with van der Waals surface area (Å²) in [6.45, 7) is 31.7. The molecule has 4 fully saturated rings. The van der Waals surface area contributed by atoms with Crippen molar-refractivity contribution >= 4 is 41.7 Å². The fourth-order valence-corrected chi connectivity index (χ4v) is 17.4. The first-order valence-electron chi connectivity index (χ1n) is 23.0. The molecule has 2 aromatic carbocycles. The molecule has 13 heteroatoms. The van der Waals surface area contributed by atoms with E-state index in [1.54, 1.807) is 12.1 Å². The van der Waals surface area contributed by atoms with Gasteiger partial charge in [0.2, 0.25) is 5.88 Å². The van der Waals surface area contributed by atoms with Crippen LogP contribution in [0.5, 0.6) is 11.9 Å². The maximum Gasteiger partial charge on any atom is 0.410 e. The molecule has 10 nitrogen and oxygen atoms in total. The molecule has 9 rings (SSSR count). The van der Waals surface area contributed by atoms with Crippen molar-refractivity contribution in [3.05, 3.63) is 71.8 Å². The molecule has 0 saturated carbocycles. The van der Waals surface area contributed by atoms with Gasteiger partial charge in [-0.25, -0.2) is 18.6 Å². The molecule has 0 radical (unpaired) electrons. The zero-order valence-electron chi connectivity index (χ0n) is 39.1. The average molecular weight is 889 g/mol. The molecular formula is C51H62F2N6O4Si. The number of hydrogen-bond donors (Lipinski definition) is 0. The van der Waals surface area contributed by atoms with Gasteiger partial charge in [0, 0.05) is 30.6 Å². The highest BCUT2D eigenvalue weighted by Crippen LogP contribution is 2.49. The standard InChI is InChI=1S/C51H62F2N6O4Si/c1-28(2)64(29(3)4,30(5)6)21-20-36-38(52)18-16-34-14-13-15-37(40(34)36)43-42(53)44-41-46(56-48(55-44)61-27-51-22-31(7)24-57(51)25-32(8)23-51)58-26-35-17-19-39(45(58)33(9)62-47(41)54-43)59(35)49(60)63-50(10,11)12/h13-16,18,28-30,33,35,39,45H,7-8,17,19,22-27H2,1-6,9-12H3/t33-,35+,39-,45+/m0/s1. The van der Waals surface area contributed by atoms with E-state index >= 15 is 8.78 Å². The van der Waals surface area contributed by atoms with Gasteiger partial charge in [0.25, 0.3) is 0 Å². The minimum atomic E-state index is -2.30. The zero-order chi connectivity index (χ0) is 45.8. The maximum absolute atomic E-state index is 18.0. The molecule has 338 valence electrons. The Labute approximate surface area is 377 Å². The van der Waals surface area contributed by atoms with Crippen LogP contribution in [-0.2, 0) is 4.74 Å². The minimum absolute atomic E-state index is 0.0114. The van der Waals surface area contributed by atoms with Crippen LogP contribution in [0.2, 0.25) is 16.6 Å². The number of carbonyl (C=O) groups is 1. The number of benzene rings is 2. The van der Waals surface area contributed by atoms with Crippen LogP contribution in [0.25, 0.3) is 32.9 Å². The number of rotatable bonds is 7. The van der Waals surface area contributed by atoms with Crippen LogP contribution in [-0.4, -0.2) is 101 Å². The molecule has 0 N–H and O–H groups in total. The summed E-state index contributed by atoms with van der Waals surface area (Å²) in [5, 5.41) is 1.51. The van der Waals surface area contributed by atoms with Crippen LogP contribution < -0.4 is 14.4 Å². The topological polar surface area (TPSA) is 93.2 Å². The van der Waals surface area contributed by atoms with Gasteiger partial charge in [0.15, 0.2) is 5.82 Å². The molecule has 64 heavy (non-hydrogen) atoms. The molecule has 4 aromatic rings. The number of anilines is 1. The van der Waals surface area contributed by atoms with Gasteiger partial charge in [0.1, 0.15) is 54.6 Å². The van der Waals surface area contributed by atoms with Gasteiger partial charge < -0.3 is 19.1 Å². The van der Waals surface area contributed by atoms with Crippen molar-refractivity contribution in [1.29, 1.82) is 0 Å². The van der Waals surface area contributed by atoms with E-state index < -0.39 is 31.4 Å². The molecule has 2 bridgehead atoms. The van der Waals surface area contributed by atoms with Gasteiger partial charge in [-0.3, -0.25) is 9.80 Å². The quantitative estimate of drug-likeness (QED) is 0.102. The van der Waals surface area contributed by atoms with Crippen molar-refractivity contribution in [3.8, 4) is 34.6 Å². The van der Waals surface area contributed by atoms with Gasteiger partial charge in [-0.15, -0.1) is 5.54 Å². The molecular weight excluding hydrogens is 827 g/mol. The van der Waals surface area contributed by atoms with Gasteiger partial charge in [-0.05, 0) is 81.5 Å². The Hall–Kier alpha value is -5.06. The van der Waals surface area contributed by atoms with Crippen LogP contribution in [0, 0.1) is 23.1 Å². The van der Waals surface area contributed by atoms with E-state index in [-0.39, 0.29) is 65.0 Å². The second-order valence-corrected chi connectivity index (χ2v) is 26.6. The summed E-state index contributed by atoms with van der Waals surface area (Å²) < 4.78 is 53.8. The predicted octanol–water partition coefficient (Wildman–Crippen LogP) is 10.8. The molecule has 0 unspecified atom stereocenters. The van der Waals surface area contributed by atoms with E-state index in [4.69, 9.17) is 29.2 Å². The first-order valence-corrected chi connectivity index (χ1v) is 25.3. The number of hydrogen-bond acceptors (Lipinski definition) is 9. The summed E-state index contributed by atoms with van der Waals surface area (Å²) in [5.74, 6) is 2.79. The van der Waals surface area contributed by atoms with Crippen LogP contribution in [0.15, 0.2) is 54.6 Å². The number of aromatic nitrogens is 3. The lowest BCUT2D eigenvalue weighted by Crippen LogP contribution is -2.65. The molecule has 5 aliphatic rings. The van der Waals surface area contributed by atoms with Crippen LogP contribution in [0.3, 0.4) is 0 Å². The smallest absolute Gasteiger partial charge is 0.410 e. The van der Waals surface area contributed by atoms with Gasteiger partial charge in [-0.1, -0.05) is 96.0 Å². The maximum atomic E-state index is 18.0.